The van der Waals surface area contributed by atoms with E-state index in [-0.39, 0.29) is 5.82 Å². The average Bonchev–Trinajstić information content (AvgIpc) is 2.84. The summed E-state index contributed by atoms with van der Waals surface area (Å²) in [5.41, 5.74) is 2.51. The zero-order valence-electron chi connectivity index (χ0n) is 13.7. The van der Waals surface area contributed by atoms with Crippen molar-refractivity contribution in [3.63, 3.8) is 0 Å². The van der Waals surface area contributed by atoms with Crippen molar-refractivity contribution in [3.05, 3.63) is 40.3 Å². The van der Waals surface area contributed by atoms with E-state index >= 15 is 0 Å². The summed E-state index contributed by atoms with van der Waals surface area (Å²) in [7, 11) is 0. The quantitative estimate of drug-likeness (QED) is 0.384. The van der Waals surface area contributed by atoms with Gasteiger partial charge in [-0.3, -0.25) is 14.8 Å². The number of amides is 1. The third-order valence-corrected chi connectivity index (χ3v) is 3.63. The molecule has 0 unspecified atom stereocenters. The molecule has 0 aliphatic heterocycles. The fraction of sp³-hybridized carbons (Fsp3) is 0.400. The molecular weight excluding hydrogens is 336 g/mol. The minimum Gasteiger partial charge on any atom is -0.385 e. The maximum Gasteiger partial charge on any atom is 0.346 e. The number of carbonyl (C=O) groups is 1. The third-order valence-electron chi connectivity index (χ3n) is 3.63. The second-order valence-corrected chi connectivity index (χ2v) is 5.78. The Balaban J connectivity index is 2.51. The number of nitrogens with one attached hydrogen (secondary N) is 1. The van der Waals surface area contributed by atoms with Crippen LogP contribution in [0.4, 0.5) is 8.78 Å². The van der Waals surface area contributed by atoms with Gasteiger partial charge in [0.1, 0.15) is 12.6 Å². The summed E-state index contributed by atoms with van der Waals surface area (Å²) in [6, 6.07) is 6.86. The number of halogens is 2. The number of nitrogens with two attached hydrogens (primary N) is 1. The van der Waals surface area contributed by atoms with E-state index in [1.807, 2.05) is 12.3 Å². The number of carbonyl (C=O) groups excluding carboxylic acids is 1. The van der Waals surface area contributed by atoms with Gasteiger partial charge in [-0.15, -0.1) is 5.10 Å². The molecule has 0 aliphatic rings. The maximum atomic E-state index is 13.3. The number of aliphatic hydroxyl groups excluding tert-OH is 1. The van der Waals surface area contributed by atoms with Gasteiger partial charge in [-0.25, -0.2) is 24.1 Å². The molecule has 10 heteroatoms. The lowest BCUT2D eigenvalue weighted by molar-refractivity contribution is -0.122. The monoisotopic (exact) mass is 355 g/mol. The number of aromatic nitrogens is 3. The van der Waals surface area contributed by atoms with Gasteiger partial charge in [0.2, 0.25) is 0 Å². The van der Waals surface area contributed by atoms with Gasteiger partial charge in [-0.1, -0.05) is 29.8 Å². The summed E-state index contributed by atoms with van der Waals surface area (Å²) in [4.78, 5) is 23.8. The van der Waals surface area contributed by atoms with Gasteiger partial charge in [-0.2, -0.15) is 0 Å². The van der Waals surface area contributed by atoms with Crippen LogP contribution in [0.5, 0.6) is 0 Å². The van der Waals surface area contributed by atoms with Crippen LogP contribution in [0.25, 0.3) is 11.4 Å². The number of aryl methyl sites for hydroxylation is 1. The summed E-state index contributed by atoms with van der Waals surface area (Å²) in [6.07, 6.45) is -2.09. The molecule has 0 radical (unpaired) electrons. The Morgan fingerprint density at radius 1 is 1.40 bits per heavy atom. The lowest BCUT2D eigenvalue weighted by Crippen LogP contribution is -2.40. The van der Waals surface area contributed by atoms with Crippen LogP contribution in [0.2, 0.25) is 0 Å². The Bertz CT molecular complexity index is 808. The van der Waals surface area contributed by atoms with Gasteiger partial charge < -0.3 is 5.11 Å². The molecule has 0 saturated carbocycles. The van der Waals surface area contributed by atoms with Crippen LogP contribution in [-0.4, -0.2) is 37.4 Å². The Kier molecular flexibility index (Phi) is 5.33. The van der Waals surface area contributed by atoms with Gasteiger partial charge in [0.05, 0.1) is 6.54 Å². The SMILES string of the molecule is Cc1ccc(-c2nn(CC(=O)NN)c(=O)n2C[C@H](O)C(C)(F)F)cc1. The lowest BCUT2D eigenvalue weighted by atomic mass is 10.1. The van der Waals surface area contributed by atoms with Crippen LogP contribution >= 0.6 is 0 Å². The Labute approximate surface area is 141 Å². The zero-order valence-corrected chi connectivity index (χ0v) is 13.7. The molecule has 1 amide bonds. The molecule has 1 heterocycles. The molecule has 2 aromatic rings. The fourth-order valence-electron chi connectivity index (χ4n) is 2.14. The second-order valence-electron chi connectivity index (χ2n) is 5.78. The Morgan fingerprint density at radius 2 is 2.00 bits per heavy atom. The normalized spacial score (nSPS) is 12.9. The van der Waals surface area contributed by atoms with Gasteiger partial charge in [0, 0.05) is 12.5 Å². The van der Waals surface area contributed by atoms with Crippen LogP contribution in [0.3, 0.4) is 0 Å². The van der Waals surface area contributed by atoms with E-state index < -0.39 is 36.7 Å². The van der Waals surface area contributed by atoms with Crippen LogP contribution in [0, 0.1) is 6.92 Å². The Morgan fingerprint density at radius 3 is 2.52 bits per heavy atom. The van der Waals surface area contributed by atoms with Crippen molar-refractivity contribution < 1.29 is 18.7 Å². The molecule has 1 aromatic carbocycles. The highest BCUT2D eigenvalue weighted by Crippen LogP contribution is 2.21. The molecule has 25 heavy (non-hydrogen) atoms. The minimum absolute atomic E-state index is 0.0677. The lowest BCUT2D eigenvalue weighted by Gasteiger charge is -2.18. The second kappa shape index (κ2) is 7.11. The van der Waals surface area contributed by atoms with Gasteiger partial charge in [-0.05, 0) is 6.92 Å². The van der Waals surface area contributed by atoms with Crippen molar-refractivity contribution >= 4 is 5.91 Å². The molecule has 1 atom stereocenters. The molecule has 136 valence electrons. The van der Waals surface area contributed by atoms with Crippen LogP contribution in [0.15, 0.2) is 29.1 Å². The number of nitrogens with zero attached hydrogens (tertiary/aromatic N) is 3. The van der Waals surface area contributed by atoms with E-state index in [9.17, 15) is 23.5 Å². The molecule has 0 saturated heterocycles. The van der Waals surface area contributed by atoms with E-state index in [0.717, 1.165) is 14.8 Å². The zero-order chi connectivity index (χ0) is 18.8. The van der Waals surface area contributed by atoms with Crippen molar-refractivity contribution in [1.29, 1.82) is 0 Å². The summed E-state index contributed by atoms with van der Waals surface area (Å²) >= 11 is 0. The number of benzene rings is 1. The molecule has 0 aliphatic carbocycles. The third kappa shape index (κ3) is 4.28. The van der Waals surface area contributed by atoms with Gasteiger partial charge in [0.25, 0.3) is 11.8 Å². The highest BCUT2D eigenvalue weighted by atomic mass is 19.3. The molecule has 0 fully saturated rings. The maximum absolute atomic E-state index is 13.3. The predicted molar refractivity (Wildman–Crippen MR) is 85.6 cm³/mol. The van der Waals surface area contributed by atoms with Crippen molar-refractivity contribution in [2.45, 2.75) is 39.0 Å². The van der Waals surface area contributed by atoms with Crippen molar-refractivity contribution in [3.8, 4) is 11.4 Å². The fourth-order valence-corrected chi connectivity index (χ4v) is 2.14. The smallest absolute Gasteiger partial charge is 0.346 e. The summed E-state index contributed by atoms with van der Waals surface area (Å²) in [5.74, 6) is 0.980. The van der Waals surface area contributed by atoms with Crippen molar-refractivity contribution in [1.82, 2.24) is 19.8 Å². The highest BCUT2D eigenvalue weighted by molar-refractivity contribution is 5.74. The van der Waals surface area contributed by atoms with E-state index in [1.165, 1.54) is 0 Å². The largest absolute Gasteiger partial charge is 0.385 e. The number of aliphatic hydroxyl groups is 1. The number of hydrogen-bond donors (Lipinski definition) is 3. The molecule has 4 N–H and O–H groups in total. The average molecular weight is 355 g/mol. The van der Waals surface area contributed by atoms with Crippen molar-refractivity contribution in [2.75, 3.05) is 0 Å². The molecule has 0 bridgehead atoms. The number of hydrazine groups is 1. The molecule has 2 rings (SSSR count). The first kappa shape index (κ1) is 18.7. The van der Waals surface area contributed by atoms with Gasteiger partial charge >= 0.3 is 5.69 Å². The van der Waals surface area contributed by atoms with E-state index in [1.54, 1.807) is 24.3 Å². The summed E-state index contributed by atoms with van der Waals surface area (Å²) in [5, 5.41) is 13.7. The van der Waals surface area contributed by atoms with Crippen LogP contribution in [-0.2, 0) is 17.9 Å². The van der Waals surface area contributed by atoms with Gasteiger partial charge in [0.15, 0.2) is 5.82 Å². The number of rotatable bonds is 6. The molecular formula is C15H19F2N5O3. The van der Waals surface area contributed by atoms with E-state index in [4.69, 9.17) is 5.84 Å². The molecule has 8 nitrogen and oxygen atoms in total. The highest BCUT2D eigenvalue weighted by Gasteiger charge is 2.34. The summed E-state index contributed by atoms with van der Waals surface area (Å²) < 4.78 is 28.4. The molecule has 0 spiro atoms. The standard InChI is InChI=1S/C15H19F2N5O3/c1-9-3-5-10(6-4-9)13-20-22(8-12(24)19-18)14(25)21(13)7-11(23)15(2,16)17/h3-6,11,23H,7-8,18H2,1-2H3,(H,19,24)/t11-/m0/s1. The first-order valence-corrected chi connectivity index (χ1v) is 7.43. The topological polar surface area (TPSA) is 115 Å². The van der Waals surface area contributed by atoms with E-state index in [2.05, 4.69) is 5.10 Å². The van der Waals surface area contributed by atoms with Crippen LogP contribution < -0.4 is 17.0 Å². The minimum atomic E-state index is -3.40. The number of alkyl halides is 2. The van der Waals surface area contributed by atoms with Crippen LogP contribution in [0.1, 0.15) is 12.5 Å². The van der Waals surface area contributed by atoms with Crippen molar-refractivity contribution in [2.24, 2.45) is 5.84 Å². The predicted octanol–water partition coefficient (Wildman–Crippen LogP) is 0.0262. The molecule has 1 aromatic heterocycles. The first-order valence-electron chi connectivity index (χ1n) is 7.43. The Hall–Kier alpha value is -2.59. The summed E-state index contributed by atoms with van der Waals surface area (Å²) in [6.45, 7) is 1.28. The number of hydrogen-bond acceptors (Lipinski definition) is 5. The first-order chi connectivity index (χ1) is 11.6. The van der Waals surface area contributed by atoms with E-state index in [0.29, 0.717) is 12.5 Å².